The van der Waals surface area contributed by atoms with Crippen molar-refractivity contribution in [1.82, 2.24) is 0 Å². The van der Waals surface area contributed by atoms with E-state index < -0.39 is 5.97 Å². The average molecular weight is 192 g/mol. The molecule has 1 aromatic rings. The molecule has 0 unspecified atom stereocenters. The second-order valence-electron chi connectivity index (χ2n) is 3.54. The molecule has 0 aliphatic heterocycles. The van der Waals surface area contributed by atoms with E-state index in [1.807, 2.05) is 38.1 Å². The summed E-state index contributed by atoms with van der Waals surface area (Å²) in [6, 6.07) is 7.70. The Hall–Kier alpha value is -1.31. The fourth-order valence-corrected chi connectivity index (χ4v) is 1.68. The van der Waals surface area contributed by atoms with Crippen molar-refractivity contribution < 1.29 is 9.90 Å². The number of carbonyl (C=O) groups is 1. The predicted molar refractivity (Wildman–Crippen MR) is 56.5 cm³/mol. The van der Waals surface area contributed by atoms with E-state index >= 15 is 0 Å². The number of hydrogen-bond acceptors (Lipinski definition) is 1. The molecule has 14 heavy (non-hydrogen) atoms. The fraction of sp³-hybridized carbons (Fsp3) is 0.417. The van der Waals surface area contributed by atoms with Crippen LogP contribution in [0.2, 0.25) is 0 Å². The number of aliphatic carboxylic acids is 1. The highest BCUT2D eigenvalue weighted by Gasteiger charge is 2.19. The normalized spacial score (nSPS) is 12.4. The molecule has 0 amide bonds. The Labute approximate surface area is 84.6 Å². The van der Waals surface area contributed by atoms with Gasteiger partial charge in [0.15, 0.2) is 0 Å². The van der Waals surface area contributed by atoms with Crippen LogP contribution in [-0.2, 0) is 4.79 Å². The van der Waals surface area contributed by atoms with Crippen molar-refractivity contribution in [3.05, 3.63) is 35.4 Å². The maximum absolute atomic E-state index is 11.0. The van der Waals surface area contributed by atoms with Crippen molar-refractivity contribution >= 4 is 5.97 Å². The van der Waals surface area contributed by atoms with Crippen LogP contribution in [0.15, 0.2) is 24.3 Å². The van der Waals surface area contributed by atoms with Gasteiger partial charge in [-0.15, -0.1) is 0 Å². The minimum Gasteiger partial charge on any atom is -0.481 e. The summed E-state index contributed by atoms with van der Waals surface area (Å²) in [6.45, 7) is 3.97. The highest BCUT2D eigenvalue weighted by molar-refractivity contribution is 5.76. The molecule has 0 radical (unpaired) electrons. The van der Waals surface area contributed by atoms with Crippen LogP contribution >= 0.6 is 0 Å². The van der Waals surface area contributed by atoms with Gasteiger partial charge in [-0.1, -0.05) is 37.6 Å². The van der Waals surface area contributed by atoms with Crippen LogP contribution in [-0.4, -0.2) is 11.1 Å². The topological polar surface area (TPSA) is 37.3 Å². The first kappa shape index (κ1) is 10.8. The van der Waals surface area contributed by atoms with Gasteiger partial charge in [-0.05, 0) is 24.5 Å². The molecule has 0 aliphatic rings. The summed E-state index contributed by atoms with van der Waals surface area (Å²) in [5.41, 5.74) is 2.01. The van der Waals surface area contributed by atoms with Crippen LogP contribution in [0.5, 0.6) is 0 Å². The van der Waals surface area contributed by atoms with Gasteiger partial charge < -0.3 is 5.11 Å². The van der Waals surface area contributed by atoms with Crippen LogP contribution in [0.1, 0.15) is 36.8 Å². The van der Waals surface area contributed by atoms with Crippen LogP contribution in [0.25, 0.3) is 0 Å². The first-order valence-corrected chi connectivity index (χ1v) is 4.95. The second-order valence-corrected chi connectivity index (χ2v) is 3.54. The highest BCUT2D eigenvalue weighted by atomic mass is 16.4. The van der Waals surface area contributed by atoms with Gasteiger partial charge in [0.25, 0.3) is 0 Å². The quantitative estimate of drug-likeness (QED) is 0.796. The highest BCUT2D eigenvalue weighted by Crippen LogP contribution is 2.24. The SMILES string of the molecule is CCC[C@@H](C(=O)O)c1ccccc1C. The van der Waals surface area contributed by atoms with E-state index in [1.54, 1.807) is 0 Å². The van der Waals surface area contributed by atoms with Crippen molar-refractivity contribution in [3.8, 4) is 0 Å². The van der Waals surface area contributed by atoms with Gasteiger partial charge in [0.1, 0.15) is 0 Å². The van der Waals surface area contributed by atoms with Crippen molar-refractivity contribution in [3.63, 3.8) is 0 Å². The molecule has 1 rings (SSSR count). The fourth-order valence-electron chi connectivity index (χ4n) is 1.68. The number of aryl methyl sites for hydroxylation is 1. The standard InChI is InChI=1S/C12H16O2/c1-3-6-11(12(13)14)10-8-5-4-7-9(10)2/h4-5,7-8,11H,3,6H2,1-2H3,(H,13,14)/t11-/m1/s1. The van der Waals surface area contributed by atoms with Crippen molar-refractivity contribution in [2.75, 3.05) is 0 Å². The molecule has 0 fully saturated rings. The summed E-state index contributed by atoms with van der Waals surface area (Å²) in [4.78, 5) is 11.0. The summed E-state index contributed by atoms with van der Waals surface area (Å²) >= 11 is 0. The van der Waals surface area contributed by atoms with Crippen molar-refractivity contribution in [2.24, 2.45) is 0 Å². The first-order valence-electron chi connectivity index (χ1n) is 4.95. The van der Waals surface area contributed by atoms with Gasteiger partial charge >= 0.3 is 5.97 Å². The predicted octanol–water partition coefficient (Wildman–Crippen LogP) is 2.96. The molecule has 1 aromatic carbocycles. The second kappa shape index (κ2) is 4.80. The lowest BCUT2D eigenvalue weighted by Crippen LogP contribution is -2.12. The molecular formula is C12H16O2. The number of benzene rings is 1. The first-order chi connectivity index (χ1) is 6.66. The molecule has 0 saturated carbocycles. The molecule has 0 spiro atoms. The number of rotatable bonds is 4. The number of carboxylic acids is 1. The molecule has 0 aromatic heterocycles. The molecule has 0 bridgehead atoms. The molecule has 0 saturated heterocycles. The smallest absolute Gasteiger partial charge is 0.310 e. The third kappa shape index (κ3) is 2.34. The zero-order valence-corrected chi connectivity index (χ0v) is 8.66. The third-order valence-corrected chi connectivity index (χ3v) is 2.44. The molecule has 0 aliphatic carbocycles. The Morgan fingerprint density at radius 2 is 2.07 bits per heavy atom. The molecule has 2 nitrogen and oxygen atoms in total. The van der Waals surface area contributed by atoms with Gasteiger partial charge in [-0.3, -0.25) is 4.79 Å². The molecule has 2 heteroatoms. The van der Waals surface area contributed by atoms with E-state index in [9.17, 15) is 4.79 Å². The lowest BCUT2D eigenvalue weighted by atomic mass is 9.91. The molecule has 76 valence electrons. The largest absolute Gasteiger partial charge is 0.481 e. The Bertz CT molecular complexity index is 318. The Kier molecular flexibility index (Phi) is 3.69. The minimum atomic E-state index is -0.721. The van der Waals surface area contributed by atoms with Gasteiger partial charge in [0.05, 0.1) is 5.92 Å². The molecule has 1 atom stereocenters. The van der Waals surface area contributed by atoms with Gasteiger partial charge in [0, 0.05) is 0 Å². The maximum Gasteiger partial charge on any atom is 0.310 e. The minimum absolute atomic E-state index is 0.346. The zero-order valence-electron chi connectivity index (χ0n) is 8.66. The van der Waals surface area contributed by atoms with E-state index in [4.69, 9.17) is 5.11 Å². The van der Waals surface area contributed by atoms with Gasteiger partial charge in [0.2, 0.25) is 0 Å². The van der Waals surface area contributed by atoms with Crippen LogP contribution < -0.4 is 0 Å². The lowest BCUT2D eigenvalue weighted by Gasteiger charge is -2.13. The van der Waals surface area contributed by atoms with Crippen LogP contribution in [0, 0.1) is 6.92 Å². The number of carboxylic acid groups (broad SMARTS) is 1. The van der Waals surface area contributed by atoms with Gasteiger partial charge in [-0.2, -0.15) is 0 Å². The van der Waals surface area contributed by atoms with Crippen LogP contribution in [0.3, 0.4) is 0 Å². The Morgan fingerprint density at radius 1 is 1.43 bits per heavy atom. The third-order valence-electron chi connectivity index (χ3n) is 2.44. The Morgan fingerprint density at radius 3 is 2.57 bits per heavy atom. The van der Waals surface area contributed by atoms with E-state index in [2.05, 4.69) is 0 Å². The number of hydrogen-bond donors (Lipinski definition) is 1. The molecule has 1 N–H and O–H groups in total. The van der Waals surface area contributed by atoms with Crippen LogP contribution in [0.4, 0.5) is 0 Å². The zero-order chi connectivity index (χ0) is 10.6. The summed E-state index contributed by atoms with van der Waals surface area (Å²) in [6.07, 6.45) is 1.60. The summed E-state index contributed by atoms with van der Waals surface area (Å²) in [5, 5.41) is 9.08. The molecular weight excluding hydrogens is 176 g/mol. The van der Waals surface area contributed by atoms with E-state index in [0.29, 0.717) is 6.42 Å². The maximum atomic E-state index is 11.0. The average Bonchev–Trinajstić information content (AvgIpc) is 2.15. The monoisotopic (exact) mass is 192 g/mol. The van der Waals surface area contributed by atoms with E-state index in [0.717, 1.165) is 17.5 Å². The Balaban J connectivity index is 2.99. The van der Waals surface area contributed by atoms with Gasteiger partial charge in [-0.25, -0.2) is 0 Å². The summed E-state index contributed by atoms with van der Waals surface area (Å²) in [7, 11) is 0. The van der Waals surface area contributed by atoms with E-state index in [-0.39, 0.29) is 5.92 Å². The summed E-state index contributed by atoms with van der Waals surface area (Å²) in [5.74, 6) is -1.07. The van der Waals surface area contributed by atoms with Crippen molar-refractivity contribution in [1.29, 1.82) is 0 Å². The molecule has 0 heterocycles. The van der Waals surface area contributed by atoms with E-state index in [1.165, 1.54) is 0 Å². The van der Waals surface area contributed by atoms with Crippen molar-refractivity contribution in [2.45, 2.75) is 32.6 Å². The summed E-state index contributed by atoms with van der Waals surface area (Å²) < 4.78 is 0. The lowest BCUT2D eigenvalue weighted by molar-refractivity contribution is -0.139.